The van der Waals surface area contributed by atoms with Gasteiger partial charge in [-0.3, -0.25) is 9.59 Å². The van der Waals surface area contributed by atoms with Gasteiger partial charge in [0.15, 0.2) is 5.78 Å². The van der Waals surface area contributed by atoms with E-state index in [1.807, 2.05) is 42.5 Å². The first kappa shape index (κ1) is 14.3. The minimum Gasteiger partial charge on any atom is -0.469 e. The second-order valence-electron chi connectivity index (χ2n) is 4.12. The lowest BCUT2D eigenvalue weighted by atomic mass is 10.1. The Morgan fingerprint density at radius 3 is 2.15 bits per heavy atom. The summed E-state index contributed by atoms with van der Waals surface area (Å²) in [6.07, 6.45) is -0.221. The highest BCUT2D eigenvalue weighted by atomic mass is 32.2. The van der Waals surface area contributed by atoms with Gasteiger partial charge >= 0.3 is 5.97 Å². The van der Waals surface area contributed by atoms with Crippen LogP contribution in [0.15, 0.2) is 64.4 Å². The van der Waals surface area contributed by atoms with E-state index in [0.717, 1.165) is 9.79 Å². The minimum absolute atomic E-state index is 0.221. The second-order valence-corrected chi connectivity index (χ2v) is 5.26. The first-order valence-electron chi connectivity index (χ1n) is 6.12. The molecule has 2 aromatic rings. The van der Waals surface area contributed by atoms with Crippen LogP contribution >= 0.6 is 11.8 Å². The number of ether oxygens (including phenoxy) is 1. The largest absolute Gasteiger partial charge is 0.469 e. The number of carbonyl (C=O) groups is 2. The van der Waals surface area contributed by atoms with Crippen molar-refractivity contribution in [2.45, 2.75) is 16.2 Å². The lowest BCUT2D eigenvalue weighted by Crippen LogP contribution is -2.09. The number of hydrogen-bond acceptors (Lipinski definition) is 4. The molecule has 0 heterocycles. The number of benzene rings is 2. The zero-order chi connectivity index (χ0) is 14.4. The van der Waals surface area contributed by atoms with Crippen molar-refractivity contribution in [2.75, 3.05) is 7.11 Å². The molecule has 0 aliphatic heterocycles. The predicted molar refractivity (Wildman–Crippen MR) is 78.0 cm³/mol. The number of esters is 1. The van der Waals surface area contributed by atoms with Crippen LogP contribution < -0.4 is 0 Å². The maximum atomic E-state index is 11.8. The fourth-order valence-electron chi connectivity index (χ4n) is 1.64. The van der Waals surface area contributed by atoms with Crippen molar-refractivity contribution in [3.8, 4) is 0 Å². The van der Waals surface area contributed by atoms with Crippen LogP contribution in [-0.2, 0) is 9.53 Å². The highest BCUT2D eigenvalue weighted by Gasteiger charge is 2.11. The lowest BCUT2D eigenvalue weighted by molar-refractivity contribution is -0.139. The molecular weight excluding hydrogens is 272 g/mol. The molecule has 0 radical (unpaired) electrons. The van der Waals surface area contributed by atoms with Crippen LogP contribution in [0.25, 0.3) is 0 Å². The van der Waals surface area contributed by atoms with Crippen LogP contribution in [0.2, 0.25) is 0 Å². The van der Waals surface area contributed by atoms with Crippen molar-refractivity contribution in [2.24, 2.45) is 0 Å². The van der Waals surface area contributed by atoms with Gasteiger partial charge < -0.3 is 4.74 Å². The summed E-state index contributed by atoms with van der Waals surface area (Å²) in [5.41, 5.74) is 0.521. The van der Waals surface area contributed by atoms with Gasteiger partial charge in [-0.1, -0.05) is 42.1 Å². The van der Waals surface area contributed by atoms with Gasteiger partial charge in [-0.2, -0.15) is 0 Å². The Bertz CT molecular complexity index is 591. The number of methoxy groups -OCH3 is 1. The number of ketones is 1. The molecule has 3 nitrogen and oxygen atoms in total. The molecule has 0 N–H and O–H groups in total. The molecule has 0 saturated heterocycles. The van der Waals surface area contributed by atoms with Crippen molar-refractivity contribution in [1.82, 2.24) is 0 Å². The maximum Gasteiger partial charge on any atom is 0.313 e. The van der Waals surface area contributed by atoms with Crippen molar-refractivity contribution in [3.05, 3.63) is 60.2 Å². The summed E-state index contributed by atoms with van der Waals surface area (Å²) >= 11 is 1.62. The molecule has 4 heteroatoms. The second kappa shape index (κ2) is 6.91. The molecule has 0 saturated carbocycles. The summed E-state index contributed by atoms with van der Waals surface area (Å²) in [5.74, 6) is -0.745. The summed E-state index contributed by atoms with van der Waals surface area (Å²) in [5, 5.41) is 0. The number of rotatable bonds is 5. The van der Waals surface area contributed by atoms with Crippen molar-refractivity contribution in [1.29, 1.82) is 0 Å². The minimum atomic E-state index is -0.516. The molecule has 0 aromatic heterocycles. The molecule has 0 unspecified atom stereocenters. The van der Waals surface area contributed by atoms with Crippen LogP contribution in [0.1, 0.15) is 16.8 Å². The molecule has 2 rings (SSSR count). The van der Waals surface area contributed by atoms with E-state index < -0.39 is 5.97 Å². The van der Waals surface area contributed by atoms with Gasteiger partial charge in [0, 0.05) is 15.4 Å². The lowest BCUT2D eigenvalue weighted by Gasteiger charge is -2.03. The topological polar surface area (TPSA) is 43.4 Å². The van der Waals surface area contributed by atoms with Crippen molar-refractivity contribution in [3.63, 3.8) is 0 Å². The summed E-state index contributed by atoms with van der Waals surface area (Å²) in [7, 11) is 1.27. The molecular formula is C16H14O3S. The Morgan fingerprint density at radius 2 is 1.55 bits per heavy atom. The number of hydrogen-bond donors (Lipinski definition) is 0. The van der Waals surface area contributed by atoms with Gasteiger partial charge in [0.2, 0.25) is 0 Å². The van der Waals surface area contributed by atoms with E-state index in [2.05, 4.69) is 4.74 Å². The van der Waals surface area contributed by atoms with Crippen LogP contribution in [-0.4, -0.2) is 18.9 Å². The van der Waals surface area contributed by atoms with Gasteiger partial charge in [-0.25, -0.2) is 0 Å². The summed E-state index contributed by atoms with van der Waals surface area (Å²) < 4.78 is 4.48. The van der Waals surface area contributed by atoms with E-state index in [4.69, 9.17) is 0 Å². The van der Waals surface area contributed by atoms with Gasteiger partial charge in [-0.05, 0) is 24.3 Å². The van der Waals surface area contributed by atoms with Crippen LogP contribution in [0.5, 0.6) is 0 Å². The first-order valence-corrected chi connectivity index (χ1v) is 6.93. The summed E-state index contributed by atoms with van der Waals surface area (Å²) in [6.45, 7) is 0. The zero-order valence-electron chi connectivity index (χ0n) is 11.0. The van der Waals surface area contributed by atoms with E-state index in [-0.39, 0.29) is 12.2 Å². The van der Waals surface area contributed by atoms with Crippen LogP contribution in [0.4, 0.5) is 0 Å². The third-order valence-electron chi connectivity index (χ3n) is 2.69. The number of Topliss-reactive ketones (excluding diaryl/α,β-unsaturated/α-hetero) is 1. The molecule has 2 aromatic carbocycles. The van der Waals surface area contributed by atoms with E-state index in [9.17, 15) is 9.59 Å². The van der Waals surface area contributed by atoms with E-state index in [0.29, 0.717) is 5.56 Å². The van der Waals surface area contributed by atoms with Crippen LogP contribution in [0.3, 0.4) is 0 Å². The average molecular weight is 286 g/mol. The maximum absolute atomic E-state index is 11.8. The Morgan fingerprint density at radius 1 is 0.950 bits per heavy atom. The monoisotopic (exact) mass is 286 g/mol. The standard InChI is InChI=1S/C16H14O3S/c1-19-16(18)11-15(17)12-7-9-14(10-8-12)20-13-5-3-2-4-6-13/h2-10H,11H2,1H3. The zero-order valence-corrected chi connectivity index (χ0v) is 11.9. The Labute approximate surface area is 122 Å². The van der Waals surface area contributed by atoms with Gasteiger partial charge in [0.1, 0.15) is 6.42 Å². The quantitative estimate of drug-likeness (QED) is 0.478. The summed E-state index contributed by atoms with van der Waals surface area (Å²) in [6, 6.07) is 17.2. The highest BCUT2D eigenvalue weighted by molar-refractivity contribution is 7.99. The third-order valence-corrected chi connectivity index (χ3v) is 3.70. The van der Waals surface area contributed by atoms with E-state index in [1.165, 1.54) is 7.11 Å². The van der Waals surface area contributed by atoms with Gasteiger partial charge in [-0.15, -0.1) is 0 Å². The molecule has 0 aliphatic carbocycles. The first-order chi connectivity index (χ1) is 9.69. The SMILES string of the molecule is COC(=O)CC(=O)c1ccc(Sc2ccccc2)cc1. The predicted octanol–water partition coefficient (Wildman–Crippen LogP) is 3.58. The highest BCUT2D eigenvalue weighted by Crippen LogP contribution is 2.27. The van der Waals surface area contributed by atoms with Crippen molar-refractivity contribution < 1.29 is 14.3 Å². The fraction of sp³-hybridized carbons (Fsp3) is 0.125. The molecule has 0 spiro atoms. The Kier molecular flexibility index (Phi) is 4.96. The molecule has 0 fully saturated rings. The Balaban J connectivity index is 2.03. The van der Waals surface area contributed by atoms with Crippen LogP contribution in [0, 0.1) is 0 Å². The molecule has 0 bridgehead atoms. The molecule has 0 aliphatic rings. The molecule has 0 atom stereocenters. The smallest absolute Gasteiger partial charge is 0.313 e. The summed E-state index contributed by atoms with van der Waals surface area (Å²) in [4.78, 5) is 25.0. The van der Waals surface area contributed by atoms with E-state index >= 15 is 0 Å². The molecule has 0 amide bonds. The Hall–Kier alpha value is -2.07. The normalized spacial score (nSPS) is 10.1. The van der Waals surface area contributed by atoms with Crippen molar-refractivity contribution >= 4 is 23.5 Å². The molecule has 20 heavy (non-hydrogen) atoms. The average Bonchev–Trinajstić information content (AvgIpc) is 2.49. The number of carbonyl (C=O) groups excluding carboxylic acids is 2. The van der Waals surface area contributed by atoms with Gasteiger partial charge in [0.25, 0.3) is 0 Å². The third kappa shape index (κ3) is 3.96. The molecule has 102 valence electrons. The van der Waals surface area contributed by atoms with E-state index in [1.54, 1.807) is 23.9 Å². The fourth-order valence-corrected chi connectivity index (χ4v) is 2.48. The van der Waals surface area contributed by atoms with Gasteiger partial charge in [0.05, 0.1) is 7.11 Å².